The first-order valence-corrected chi connectivity index (χ1v) is 14.5. The fourth-order valence-electron chi connectivity index (χ4n) is 6.41. The van der Waals surface area contributed by atoms with Gasteiger partial charge >= 0.3 is 0 Å². The van der Waals surface area contributed by atoms with E-state index in [-0.39, 0.29) is 24.2 Å². The molecule has 0 unspecified atom stereocenters. The normalized spacial score (nSPS) is 17.4. The van der Waals surface area contributed by atoms with Gasteiger partial charge in [0.2, 0.25) is 23.9 Å². The average molecular weight is 588 g/mol. The number of nitrogens with zero attached hydrogens (tertiary/aromatic N) is 2. The molecule has 3 aliphatic rings. The minimum absolute atomic E-state index is 0.0799. The SMILES string of the molecule is COc1cc2c(c(OC)c1OC)-c1ccc(N3CCN(Cc4ccc5c(c4)OCO5)CC3)c(=O)cc1[C@@H](NC(C)=O)CC2. The predicted octanol–water partition coefficient (Wildman–Crippen LogP) is 3.91. The Bertz CT molecular complexity index is 1600. The number of rotatable bonds is 7. The molecular formula is C33H37N3O7. The number of benzene rings is 2. The van der Waals surface area contributed by atoms with Gasteiger partial charge in [-0.15, -0.1) is 0 Å². The van der Waals surface area contributed by atoms with Crippen LogP contribution in [0.2, 0.25) is 0 Å². The fourth-order valence-corrected chi connectivity index (χ4v) is 6.41. The van der Waals surface area contributed by atoms with E-state index in [1.165, 1.54) is 12.5 Å². The summed E-state index contributed by atoms with van der Waals surface area (Å²) in [4.78, 5) is 30.6. The lowest BCUT2D eigenvalue weighted by molar-refractivity contribution is -0.119. The van der Waals surface area contributed by atoms with Gasteiger partial charge in [0.05, 0.1) is 33.1 Å². The molecule has 43 heavy (non-hydrogen) atoms. The fraction of sp³-hybridized carbons (Fsp3) is 0.394. The maximum atomic E-state index is 13.8. The van der Waals surface area contributed by atoms with Crippen LogP contribution in [0, 0.1) is 0 Å². The Hall–Kier alpha value is -4.44. The lowest BCUT2D eigenvalue weighted by Crippen LogP contribution is -2.47. The van der Waals surface area contributed by atoms with Gasteiger partial charge in [-0.2, -0.15) is 0 Å². The molecule has 6 rings (SSSR count). The summed E-state index contributed by atoms with van der Waals surface area (Å²) < 4.78 is 28.2. The molecule has 3 aromatic carbocycles. The molecular weight excluding hydrogens is 550 g/mol. The van der Waals surface area contributed by atoms with Crippen molar-refractivity contribution in [3.63, 3.8) is 0 Å². The van der Waals surface area contributed by atoms with Crippen LogP contribution in [0.3, 0.4) is 0 Å². The number of hydrogen-bond acceptors (Lipinski definition) is 9. The smallest absolute Gasteiger partial charge is 0.231 e. The lowest BCUT2D eigenvalue weighted by Gasteiger charge is -2.35. The van der Waals surface area contributed by atoms with Gasteiger partial charge < -0.3 is 33.9 Å². The highest BCUT2D eigenvalue weighted by molar-refractivity contribution is 5.83. The highest BCUT2D eigenvalue weighted by atomic mass is 16.7. The third kappa shape index (κ3) is 5.54. The van der Waals surface area contributed by atoms with Crippen molar-refractivity contribution in [2.45, 2.75) is 32.4 Å². The van der Waals surface area contributed by atoms with Crippen molar-refractivity contribution < 1.29 is 28.5 Å². The first-order valence-electron chi connectivity index (χ1n) is 14.5. The number of nitrogens with one attached hydrogen (secondary N) is 1. The zero-order valence-electron chi connectivity index (χ0n) is 25.0. The van der Waals surface area contributed by atoms with Crippen LogP contribution in [-0.4, -0.2) is 65.1 Å². The number of fused-ring (bicyclic) bond motifs is 4. The van der Waals surface area contributed by atoms with Crippen LogP contribution in [0.5, 0.6) is 28.7 Å². The Morgan fingerprint density at radius 2 is 1.70 bits per heavy atom. The van der Waals surface area contributed by atoms with Crippen LogP contribution in [0.1, 0.15) is 36.1 Å². The van der Waals surface area contributed by atoms with Crippen molar-refractivity contribution in [1.82, 2.24) is 10.2 Å². The van der Waals surface area contributed by atoms with Crippen LogP contribution in [-0.2, 0) is 17.8 Å². The molecule has 226 valence electrons. The van der Waals surface area contributed by atoms with Gasteiger partial charge in [0.15, 0.2) is 23.0 Å². The molecule has 0 saturated carbocycles. The van der Waals surface area contributed by atoms with Crippen LogP contribution >= 0.6 is 0 Å². The zero-order chi connectivity index (χ0) is 30.1. The summed E-state index contributed by atoms with van der Waals surface area (Å²) in [5.74, 6) is 3.02. The third-order valence-corrected chi connectivity index (χ3v) is 8.45. The molecule has 1 amide bonds. The first kappa shape index (κ1) is 28.7. The van der Waals surface area contributed by atoms with E-state index < -0.39 is 0 Å². The molecule has 3 aromatic rings. The zero-order valence-corrected chi connectivity index (χ0v) is 25.0. The lowest BCUT2D eigenvalue weighted by atomic mass is 9.95. The van der Waals surface area contributed by atoms with Crippen LogP contribution in [0.4, 0.5) is 5.69 Å². The van der Waals surface area contributed by atoms with E-state index in [9.17, 15) is 9.59 Å². The van der Waals surface area contributed by atoms with Crippen molar-refractivity contribution in [1.29, 1.82) is 0 Å². The van der Waals surface area contributed by atoms with Crippen LogP contribution < -0.4 is 39.3 Å². The highest BCUT2D eigenvalue weighted by Crippen LogP contribution is 2.50. The number of piperazine rings is 1. The number of carbonyl (C=O) groups is 1. The summed E-state index contributed by atoms with van der Waals surface area (Å²) in [7, 11) is 4.78. The second-order valence-corrected chi connectivity index (χ2v) is 11.0. The van der Waals surface area contributed by atoms with Crippen molar-refractivity contribution in [2.75, 3.05) is 59.2 Å². The van der Waals surface area contributed by atoms with E-state index in [1.54, 1.807) is 27.4 Å². The molecule has 1 saturated heterocycles. The largest absolute Gasteiger partial charge is 0.493 e. The summed E-state index contributed by atoms with van der Waals surface area (Å²) in [6.07, 6.45) is 1.28. The Morgan fingerprint density at radius 3 is 2.42 bits per heavy atom. The molecule has 10 heteroatoms. The van der Waals surface area contributed by atoms with Gasteiger partial charge in [0, 0.05) is 45.2 Å². The van der Waals surface area contributed by atoms with Gasteiger partial charge in [-0.1, -0.05) is 12.1 Å². The molecule has 1 aliphatic carbocycles. The molecule has 1 fully saturated rings. The van der Waals surface area contributed by atoms with Crippen LogP contribution in [0.15, 0.2) is 47.3 Å². The van der Waals surface area contributed by atoms with Crippen LogP contribution in [0.25, 0.3) is 11.1 Å². The Balaban J connectivity index is 1.33. The van der Waals surface area contributed by atoms with E-state index in [0.29, 0.717) is 48.9 Å². The number of methoxy groups -OCH3 is 3. The number of anilines is 1. The molecule has 2 aliphatic heterocycles. The van der Waals surface area contributed by atoms with Crippen molar-refractivity contribution in [2.24, 2.45) is 0 Å². The summed E-state index contributed by atoms with van der Waals surface area (Å²) in [6, 6.07) is 13.3. The molecule has 0 radical (unpaired) electrons. The maximum Gasteiger partial charge on any atom is 0.231 e. The van der Waals surface area contributed by atoms with E-state index >= 15 is 0 Å². The molecule has 0 spiro atoms. The number of ether oxygens (including phenoxy) is 5. The van der Waals surface area contributed by atoms with E-state index in [2.05, 4.69) is 21.2 Å². The van der Waals surface area contributed by atoms with Gasteiger partial charge in [0.25, 0.3) is 0 Å². The maximum absolute atomic E-state index is 13.8. The number of amides is 1. The Morgan fingerprint density at radius 1 is 0.930 bits per heavy atom. The number of hydrogen-bond donors (Lipinski definition) is 1. The number of carbonyl (C=O) groups excluding carboxylic acids is 1. The summed E-state index contributed by atoms with van der Waals surface area (Å²) >= 11 is 0. The van der Waals surface area contributed by atoms with Gasteiger partial charge in [-0.05, 0) is 65.4 Å². The standard InChI is InChI=1S/C33H37N3O7/c1-20(37)34-25-8-6-22-16-30(39-2)32(40-3)33(41-4)31(22)23-7-9-26(27(38)17-24(23)25)36-13-11-35(12-14-36)18-21-5-10-28-29(15-21)43-19-42-28/h5,7,9-10,15-17,25H,6,8,11-14,18-19H2,1-4H3,(H,34,37)/t25-/m0/s1. The highest BCUT2D eigenvalue weighted by Gasteiger charge is 2.30. The van der Waals surface area contributed by atoms with Gasteiger partial charge in [-0.25, -0.2) is 0 Å². The van der Waals surface area contributed by atoms with Gasteiger partial charge in [0.1, 0.15) is 0 Å². The summed E-state index contributed by atoms with van der Waals surface area (Å²) in [5.41, 5.74) is 5.16. The van der Waals surface area contributed by atoms with Crippen molar-refractivity contribution in [3.05, 3.63) is 69.4 Å². The average Bonchev–Trinajstić information content (AvgIpc) is 3.35. The van der Waals surface area contributed by atoms with Crippen molar-refractivity contribution >= 4 is 11.6 Å². The molecule has 1 N–H and O–H groups in total. The first-order chi connectivity index (χ1) is 20.9. The second-order valence-electron chi connectivity index (χ2n) is 11.0. The van der Waals surface area contributed by atoms with E-state index in [1.807, 2.05) is 30.3 Å². The third-order valence-electron chi connectivity index (χ3n) is 8.45. The number of aryl methyl sites for hydroxylation is 1. The molecule has 10 nitrogen and oxygen atoms in total. The topological polar surface area (TPSA) is 98.8 Å². The van der Waals surface area contributed by atoms with E-state index in [0.717, 1.165) is 53.4 Å². The predicted molar refractivity (Wildman–Crippen MR) is 163 cm³/mol. The Kier molecular flexibility index (Phi) is 8.03. The molecule has 0 bridgehead atoms. The summed E-state index contributed by atoms with van der Waals surface area (Å²) in [5, 5.41) is 3.07. The minimum Gasteiger partial charge on any atom is -0.493 e. The molecule has 1 atom stereocenters. The quantitative estimate of drug-likeness (QED) is 0.441. The monoisotopic (exact) mass is 587 g/mol. The summed E-state index contributed by atoms with van der Waals surface area (Å²) in [6.45, 7) is 5.62. The second kappa shape index (κ2) is 12.0. The van der Waals surface area contributed by atoms with Crippen molar-refractivity contribution in [3.8, 4) is 39.9 Å². The minimum atomic E-state index is -0.340. The molecule has 2 heterocycles. The molecule has 0 aromatic heterocycles. The van der Waals surface area contributed by atoms with E-state index in [4.69, 9.17) is 23.7 Å². The van der Waals surface area contributed by atoms with Gasteiger partial charge in [-0.3, -0.25) is 14.5 Å². The Labute approximate surface area is 251 Å².